The minimum absolute atomic E-state index is 0.0568. The third-order valence-corrected chi connectivity index (χ3v) is 2.25. The molecule has 0 saturated heterocycles. The zero-order chi connectivity index (χ0) is 18.0. The second-order valence-corrected chi connectivity index (χ2v) is 3.96. The fourth-order valence-corrected chi connectivity index (χ4v) is 1.09. The van der Waals surface area contributed by atoms with Gasteiger partial charge in [-0.1, -0.05) is 6.58 Å². The topological polar surface area (TPSA) is 26.3 Å². The lowest BCUT2D eigenvalue weighted by Gasteiger charge is -2.33. The monoisotopic (exact) mass is 350 g/mol. The molecule has 1 atom stereocenters. The summed E-state index contributed by atoms with van der Waals surface area (Å²) in [7, 11) is 0. The highest BCUT2D eigenvalue weighted by atomic mass is 19.4. The highest BCUT2D eigenvalue weighted by molar-refractivity contribution is 5.81. The van der Waals surface area contributed by atoms with Gasteiger partial charge in [-0.3, -0.25) is 0 Å². The highest BCUT2D eigenvalue weighted by Crippen LogP contribution is 2.49. The number of hydrogen-bond acceptors (Lipinski definition) is 2. The molecule has 0 N–H and O–H groups in total. The summed E-state index contributed by atoms with van der Waals surface area (Å²) < 4.78 is 129. The minimum Gasteiger partial charge on any atom is -0.393 e. The molecule has 0 saturated carbocycles. The van der Waals surface area contributed by atoms with Gasteiger partial charge < -0.3 is 4.74 Å². The number of rotatable bonds is 7. The molecule has 0 aromatic heterocycles. The SMILES string of the molecule is C=CC(=O)OC(F)(F)C(F)(F)C(F)(F)C(F)CCC(F)(F)F. The molecule has 0 aromatic rings. The fourth-order valence-electron chi connectivity index (χ4n) is 1.09. The first-order valence-corrected chi connectivity index (χ1v) is 5.28. The zero-order valence-electron chi connectivity index (χ0n) is 10.4. The molecule has 22 heavy (non-hydrogen) atoms. The van der Waals surface area contributed by atoms with Crippen molar-refractivity contribution in [2.75, 3.05) is 0 Å². The summed E-state index contributed by atoms with van der Waals surface area (Å²) >= 11 is 0. The van der Waals surface area contributed by atoms with E-state index in [1.54, 1.807) is 0 Å². The molecule has 0 aliphatic carbocycles. The summed E-state index contributed by atoms with van der Waals surface area (Å²) in [5.74, 6) is -15.0. The molecule has 0 spiro atoms. The summed E-state index contributed by atoms with van der Waals surface area (Å²) in [5.41, 5.74) is 0. The molecule has 12 heteroatoms. The average Bonchev–Trinajstić information content (AvgIpc) is 2.33. The summed E-state index contributed by atoms with van der Waals surface area (Å²) in [6.45, 7) is 2.54. The van der Waals surface area contributed by atoms with Crippen molar-refractivity contribution in [3.05, 3.63) is 12.7 Å². The van der Waals surface area contributed by atoms with Crippen molar-refractivity contribution in [3.63, 3.8) is 0 Å². The van der Waals surface area contributed by atoms with E-state index in [1.807, 2.05) is 0 Å². The van der Waals surface area contributed by atoms with Gasteiger partial charge in [-0.15, -0.1) is 0 Å². The molecule has 0 aliphatic rings. The Hall–Kier alpha value is -1.49. The van der Waals surface area contributed by atoms with E-state index in [0.29, 0.717) is 0 Å². The van der Waals surface area contributed by atoms with E-state index < -0.39 is 49.1 Å². The van der Waals surface area contributed by atoms with Crippen molar-refractivity contribution in [1.29, 1.82) is 0 Å². The first kappa shape index (κ1) is 20.5. The number of alkyl halides is 10. The van der Waals surface area contributed by atoms with Gasteiger partial charge in [0.1, 0.15) is 0 Å². The van der Waals surface area contributed by atoms with Gasteiger partial charge in [0.05, 0.1) is 0 Å². The largest absolute Gasteiger partial charge is 0.473 e. The predicted molar refractivity (Wildman–Crippen MR) is 51.3 cm³/mol. The molecule has 0 rings (SSSR count). The Bertz CT molecular complexity index is 414. The second kappa shape index (κ2) is 6.32. The van der Waals surface area contributed by atoms with Crippen LogP contribution in [0.1, 0.15) is 12.8 Å². The standard InChI is InChI=1S/C10H8F10O2/c1-2-6(21)22-10(19,20)9(17,18)8(15,16)5(11)3-4-7(12,13)14/h2,5H,1,3-4H2. The molecular weight excluding hydrogens is 342 g/mol. The predicted octanol–water partition coefficient (Wildman–Crippen LogP) is 4.26. The van der Waals surface area contributed by atoms with Crippen molar-refractivity contribution in [2.24, 2.45) is 0 Å². The van der Waals surface area contributed by atoms with Crippen LogP contribution in [0.3, 0.4) is 0 Å². The fraction of sp³-hybridized carbons (Fsp3) is 0.700. The van der Waals surface area contributed by atoms with Gasteiger partial charge in [-0.25, -0.2) is 9.18 Å². The van der Waals surface area contributed by atoms with Gasteiger partial charge in [0.25, 0.3) is 0 Å². The van der Waals surface area contributed by atoms with Crippen molar-refractivity contribution in [3.8, 4) is 0 Å². The highest BCUT2D eigenvalue weighted by Gasteiger charge is 2.77. The van der Waals surface area contributed by atoms with Crippen LogP contribution < -0.4 is 0 Å². The van der Waals surface area contributed by atoms with E-state index >= 15 is 0 Å². The van der Waals surface area contributed by atoms with Crippen LogP contribution in [0.2, 0.25) is 0 Å². The number of carbonyl (C=O) groups is 1. The molecule has 0 heterocycles. The Morgan fingerprint density at radius 1 is 1.05 bits per heavy atom. The van der Waals surface area contributed by atoms with Crippen molar-refractivity contribution < 1.29 is 53.4 Å². The Morgan fingerprint density at radius 2 is 1.50 bits per heavy atom. The molecule has 0 aliphatic heterocycles. The summed E-state index contributed by atoms with van der Waals surface area (Å²) in [4.78, 5) is 10.4. The third-order valence-electron chi connectivity index (χ3n) is 2.25. The Kier molecular flexibility index (Phi) is 5.90. The van der Waals surface area contributed by atoms with Crippen LogP contribution in [-0.4, -0.2) is 36.3 Å². The molecule has 0 bridgehead atoms. The Labute approximate surface area is 116 Å². The van der Waals surface area contributed by atoms with E-state index in [1.165, 1.54) is 0 Å². The van der Waals surface area contributed by atoms with Crippen LogP contribution in [0.5, 0.6) is 0 Å². The van der Waals surface area contributed by atoms with Crippen LogP contribution in [0.4, 0.5) is 43.9 Å². The lowest BCUT2D eigenvalue weighted by molar-refractivity contribution is -0.392. The molecule has 0 amide bonds. The number of esters is 1. The van der Waals surface area contributed by atoms with E-state index in [-0.39, 0.29) is 6.08 Å². The second-order valence-electron chi connectivity index (χ2n) is 3.96. The van der Waals surface area contributed by atoms with Crippen molar-refractivity contribution >= 4 is 5.97 Å². The van der Waals surface area contributed by atoms with Gasteiger partial charge >= 0.3 is 30.1 Å². The van der Waals surface area contributed by atoms with E-state index in [2.05, 4.69) is 11.3 Å². The molecule has 1 unspecified atom stereocenters. The maximum absolute atomic E-state index is 13.0. The summed E-state index contributed by atoms with van der Waals surface area (Å²) in [6, 6.07) is 0. The minimum atomic E-state index is -6.58. The molecule has 130 valence electrons. The number of hydrogen-bond donors (Lipinski definition) is 0. The quantitative estimate of drug-likeness (QED) is 0.390. The van der Waals surface area contributed by atoms with Gasteiger partial charge in [0, 0.05) is 12.5 Å². The van der Waals surface area contributed by atoms with E-state index in [0.717, 1.165) is 0 Å². The molecule has 0 radical (unpaired) electrons. The Balaban J connectivity index is 5.28. The summed E-state index contributed by atoms with van der Waals surface area (Å²) in [6.07, 6.45) is -20.1. The van der Waals surface area contributed by atoms with Crippen molar-refractivity contribution in [1.82, 2.24) is 0 Å². The molecular formula is C10H8F10O2. The van der Waals surface area contributed by atoms with Crippen LogP contribution >= 0.6 is 0 Å². The maximum atomic E-state index is 13.0. The van der Waals surface area contributed by atoms with Gasteiger partial charge in [-0.05, 0) is 6.42 Å². The van der Waals surface area contributed by atoms with Crippen LogP contribution in [0, 0.1) is 0 Å². The average molecular weight is 350 g/mol. The number of carbonyl (C=O) groups excluding carboxylic acids is 1. The third kappa shape index (κ3) is 4.50. The Morgan fingerprint density at radius 3 is 1.86 bits per heavy atom. The number of halogens is 10. The van der Waals surface area contributed by atoms with Gasteiger partial charge in [-0.2, -0.15) is 39.5 Å². The normalized spacial score (nSPS) is 15.4. The van der Waals surface area contributed by atoms with Crippen LogP contribution in [0.25, 0.3) is 0 Å². The van der Waals surface area contributed by atoms with Crippen LogP contribution in [0.15, 0.2) is 12.7 Å². The zero-order valence-corrected chi connectivity index (χ0v) is 10.4. The first-order valence-electron chi connectivity index (χ1n) is 5.28. The summed E-state index contributed by atoms with van der Waals surface area (Å²) in [5, 5.41) is 0. The van der Waals surface area contributed by atoms with Crippen molar-refractivity contribution in [2.45, 2.75) is 43.1 Å². The lowest BCUT2D eigenvalue weighted by atomic mass is 10.0. The maximum Gasteiger partial charge on any atom is 0.473 e. The van der Waals surface area contributed by atoms with Gasteiger partial charge in [0.2, 0.25) is 0 Å². The van der Waals surface area contributed by atoms with E-state index in [4.69, 9.17) is 0 Å². The molecule has 2 nitrogen and oxygen atoms in total. The molecule has 0 fully saturated rings. The van der Waals surface area contributed by atoms with Crippen LogP contribution in [-0.2, 0) is 9.53 Å². The lowest BCUT2D eigenvalue weighted by Crippen LogP contribution is -2.59. The smallest absolute Gasteiger partial charge is 0.393 e. The van der Waals surface area contributed by atoms with E-state index in [9.17, 15) is 48.7 Å². The van der Waals surface area contributed by atoms with Gasteiger partial charge in [0.15, 0.2) is 6.17 Å². The molecule has 0 aromatic carbocycles. The number of ether oxygens (including phenoxy) is 1. The first-order chi connectivity index (χ1) is 9.58.